The lowest BCUT2D eigenvalue weighted by atomic mass is 9.61. The highest BCUT2D eigenvalue weighted by molar-refractivity contribution is 7.10. The molecular weight excluding hydrogens is 340 g/mol. The van der Waals surface area contributed by atoms with E-state index in [1.165, 1.54) is 22.4 Å². The Bertz CT molecular complexity index is 939. The van der Waals surface area contributed by atoms with Crippen LogP contribution in [-0.4, -0.2) is 10.8 Å². The molecule has 0 bridgehead atoms. The van der Waals surface area contributed by atoms with Crippen LogP contribution in [0.4, 0.5) is 5.82 Å². The SMILES string of the molecule is CC1(C)CC(=O)C2=C(C1)Nc1ncsc1C21CCCCc2ccccc21. The number of thiazole rings is 1. The fraction of sp³-hybridized carbons (Fsp3) is 0.455. The van der Waals surface area contributed by atoms with Crippen LogP contribution in [0, 0.1) is 5.41 Å². The Morgan fingerprint density at radius 1 is 1.15 bits per heavy atom. The zero-order valence-electron chi connectivity index (χ0n) is 15.4. The number of Topliss-reactive ketones (excluding diaryl/α,β-unsaturated/α-hetero) is 1. The van der Waals surface area contributed by atoms with Crippen molar-refractivity contribution in [2.45, 2.75) is 57.8 Å². The number of aromatic nitrogens is 1. The zero-order valence-corrected chi connectivity index (χ0v) is 16.2. The Balaban J connectivity index is 1.85. The minimum atomic E-state index is -0.308. The van der Waals surface area contributed by atoms with Gasteiger partial charge in [0, 0.05) is 17.7 Å². The van der Waals surface area contributed by atoms with Gasteiger partial charge in [0.25, 0.3) is 0 Å². The van der Waals surface area contributed by atoms with E-state index < -0.39 is 0 Å². The summed E-state index contributed by atoms with van der Waals surface area (Å²) < 4.78 is 0. The molecular formula is C22H24N2OS. The molecule has 2 aliphatic carbocycles. The van der Waals surface area contributed by atoms with Crippen LogP contribution in [0.1, 0.15) is 62.0 Å². The van der Waals surface area contributed by atoms with Crippen LogP contribution in [0.2, 0.25) is 0 Å². The zero-order chi connectivity index (χ0) is 17.9. The molecule has 0 amide bonds. The summed E-state index contributed by atoms with van der Waals surface area (Å²) in [5.41, 5.74) is 6.51. The molecule has 5 rings (SSSR count). The van der Waals surface area contributed by atoms with Crippen LogP contribution < -0.4 is 5.32 Å². The smallest absolute Gasteiger partial charge is 0.162 e. The van der Waals surface area contributed by atoms with Crippen molar-refractivity contribution < 1.29 is 4.79 Å². The van der Waals surface area contributed by atoms with Gasteiger partial charge in [-0.15, -0.1) is 11.3 Å². The van der Waals surface area contributed by atoms with E-state index in [0.29, 0.717) is 12.2 Å². The first-order valence-electron chi connectivity index (χ1n) is 9.57. The van der Waals surface area contributed by atoms with E-state index in [4.69, 9.17) is 0 Å². The number of hydrogen-bond donors (Lipinski definition) is 1. The molecule has 3 aliphatic rings. The molecule has 3 nitrogen and oxygen atoms in total. The highest BCUT2D eigenvalue weighted by Gasteiger charge is 2.52. The van der Waals surface area contributed by atoms with Crippen LogP contribution in [0.25, 0.3) is 0 Å². The quantitative estimate of drug-likeness (QED) is 0.696. The van der Waals surface area contributed by atoms with E-state index in [1.807, 2.05) is 5.51 Å². The van der Waals surface area contributed by atoms with Crippen molar-refractivity contribution in [1.29, 1.82) is 0 Å². The summed E-state index contributed by atoms with van der Waals surface area (Å²) in [6.07, 6.45) is 5.97. The van der Waals surface area contributed by atoms with Crippen molar-refractivity contribution in [1.82, 2.24) is 4.98 Å². The second-order valence-electron chi connectivity index (χ2n) is 8.72. The standard InChI is InChI=1S/C22H24N2OS/c1-21(2)11-16-18(17(25)12-21)22(19-20(24-16)23-13-26-19)10-6-5-8-14-7-3-4-9-15(14)22/h3-4,7,9,13,24H,5-6,8,10-12H2,1-2H3. The van der Waals surface area contributed by atoms with E-state index in [2.05, 4.69) is 48.4 Å². The minimum absolute atomic E-state index is 0.00186. The van der Waals surface area contributed by atoms with Crippen LogP contribution >= 0.6 is 11.3 Å². The van der Waals surface area contributed by atoms with Gasteiger partial charge in [0.05, 0.1) is 15.8 Å². The largest absolute Gasteiger partial charge is 0.342 e. The summed E-state index contributed by atoms with van der Waals surface area (Å²) in [5, 5.41) is 3.55. The first-order chi connectivity index (χ1) is 12.5. The number of carbonyl (C=O) groups excluding carboxylic acids is 1. The van der Waals surface area contributed by atoms with Gasteiger partial charge in [-0.3, -0.25) is 4.79 Å². The molecule has 0 fully saturated rings. The van der Waals surface area contributed by atoms with Gasteiger partial charge in [-0.2, -0.15) is 0 Å². The maximum atomic E-state index is 13.5. The van der Waals surface area contributed by atoms with Gasteiger partial charge < -0.3 is 5.32 Å². The van der Waals surface area contributed by atoms with Crippen LogP contribution in [0.15, 0.2) is 41.0 Å². The summed E-state index contributed by atoms with van der Waals surface area (Å²) in [5.74, 6) is 1.29. The maximum Gasteiger partial charge on any atom is 0.162 e. The molecule has 0 saturated carbocycles. The van der Waals surface area contributed by atoms with Crippen molar-refractivity contribution in [2.24, 2.45) is 5.41 Å². The van der Waals surface area contributed by atoms with Gasteiger partial charge >= 0.3 is 0 Å². The number of ketones is 1. The Morgan fingerprint density at radius 2 is 2.00 bits per heavy atom. The number of nitrogens with zero attached hydrogens (tertiary/aromatic N) is 1. The topological polar surface area (TPSA) is 42.0 Å². The summed E-state index contributed by atoms with van der Waals surface area (Å²) in [6.45, 7) is 4.39. The maximum absolute atomic E-state index is 13.5. The van der Waals surface area contributed by atoms with E-state index in [0.717, 1.165) is 42.8 Å². The lowest BCUT2D eigenvalue weighted by Gasteiger charge is -2.45. The summed E-state index contributed by atoms with van der Waals surface area (Å²) in [4.78, 5) is 19.3. The lowest BCUT2D eigenvalue weighted by Crippen LogP contribution is -2.43. The molecule has 2 aromatic rings. The number of anilines is 1. The number of rotatable bonds is 0. The van der Waals surface area contributed by atoms with Gasteiger partial charge in [-0.05, 0) is 42.2 Å². The molecule has 1 aliphatic heterocycles. The number of nitrogens with one attached hydrogen (secondary N) is 1. The highest BCUT2D eigenvalue weighted by Crippen LogP contribution is 2.57. The number of hydrogen-bond acceptors (Lipinski definition) is 4. The van der Waals surface area contributed by atoms with Gasteiger partial charge in [-0.1, -0.05) is 44.5 Å². The molecule has 26 heavy (non-hydrogen) atoms. The summed E-state index contributed by atoms with van der Waals surface area (Å²) in [7, 11) is 0. The third kappa shape index (κ3) is 2.18. The molecule has 1 unspecified atom stereocenters. The first-order valence-corrected chi connectivity index (χ1v) is 10.5. The molecule has 1 N–H and O–H groups in total. The number of fused-ring (bicyclic) bond motifs is 5. The van der Waals surface area contributed by atoms with Crippen molar-refractivity contribution in [3.8, 4) is 0 Å². The molecule has 1 aromatic carbocycles. The molecule has 1 spiro atoms. The first kappa shape index (κ1) is 16.2. The third-order valence-corrected chi connectivity index (χ3v) is 7.24. The fourth-order valence-electron chi connectivity index (χ4n) is 5.31. The van der Waals surface area contributed by atoms with Gasteiger partial charge in [0.1, 0.15) is 5.82 Å². The van der Waals surface area contributed by atoms with Gasteiger partial charge in [-0.25, -0.2) is 4.98 Å². The summed E-state index contributed by atoms with van der Waals surface area (Å²) >= 11 is 1.70. The van der Waals surface area contributed by atoms with Crippen molar-refractivity contribution in [3.63, 3.8) is 0 Å². The fourth-order valence-corrected chi connectivity index (χ4v) is 6.30. The molecule has 0 radical (unpaired) electrons. The van der Waals surface area contributed by atoms with Gasteiger partial charge in [0.2, 0.25) is 0 Å². The molecule has 2 heterocycles. The second kappa shape index (κ2) is 5.53. The molecule has 1 atom stereocenters. The van der Waals surface area contributed by atoms with Crippen LogP contribution in [0.3, 0.4) is 0 Å². The predicted molar refractivity (Wildman–Crippen MR) is 106 cm³/mol. The second-order valence-corrected chi connectivity index (χ2v) is 9.57. The van der Waals surface area contributed by atoms with E-state index in [1.54, 1.807) is 11.3 Å². The predicted octanol–water partition coefficient (Wildman–Crippen LogP) is 5.22. The highest BCUT2D eigenvalue weighted by atomic mass is 32.1. The monoisotopic (exact) mass is 364 g/mol. The number of carbonyl (C=O) groups is 1. The average molecular weight is 365 g/mol. The molecule has 134 valence electrons. The Hall–Kier alpha value is -1.94. The number of allylic oxidation sites excluding steroid dienone is 2. The van der Waals surface area contributed by atoms with Crippen molar-refractivity contribution in [2.75, 3.05) is 5.32 Å². The third-order valence-electron chi connectivity index (χ3n) is 6.25. The average Bonchev–Trinajstić information content (AvgIpc) is 2.98. The normalized spacial score (nSPS) is 26.6. The number of aryl methyl sites for hydroxylation is 1. The Morgan fingerprint density at radius 3 is 2.88 bits per heavy atom. The molecule has 0 saturated heterocycles. The van der Waals surface area contributed by atoms with Crippen LogP contribution in [-0.2, 0) is 16.6 Å². The minimum Gasteiger partial charge on any atom is -0.342 e. The Kier molecular flexibility index (Phi) is 3.45. The molecule has 4 heteroatoms. The van der Waals surface area contributed by atoms with Crippen molar-refractivity contribution in [3.05, 3.63) is 57.1 Å². The van der Waals surface area contributed by atoms with E-state index in [-0.39, 0.29) is 10.8 Å². The molecule has 1 aromatic heterocycles. The van der Waals surface area contributed by atoms with E-state index in [9.17, 15) is 4.79 Å². The van der Waals surface area contributed by atoms with Crippen molar-refractivity contribution >= 4 is 22.9 Å². The van der Waals surface area contributed by atoms with E-state index >= 15 is 0 Å². The number of benzene rings is 1. The van der Waals surface area contributed by atoms with Gasteiger partial charge in [0.15, 0.2) is 5.78 Å². The Labute approximate surface area is 158 Å². The lowest BCUT2D eigenvalue weighted by molar-refractivity contribution is -0.118. The summed E-state index contributed by atoms with van der Waals surface area (Å²) in [6, 6.07) is 8.77. The van der Waals surface area contributed by atoms with Crippen LogP contribution in [0.5, 0.6) is 0 Å².